The first kappa shape index (κ1) is 14.6. The Morgan fingerprint density at radius 1 is 1.14 bits per heavy atom. The average Bonchev–Trinajstić information content (AvgIpc) is 2.97. The third-order valence-electron chi connectivity index (χ3n) is 3.99. The van der Waals surface area contributed by atoms with Crippen LogP contribution in [0.3, 0.4) is 0 Å². The van der Waals surface area contributed by atoms with Crippen molar-refractivity contribution in [1.29, 1.82) is 0 Å². The molecule has 4 nitrogen and oxygen atoms in total. The molecule has 1 atom stereocenters. The second kappa shape index (κ2) is 6.20. The van der Waals surface area contributed by atoms with Gasteiger partial charge < -0.3 is 15.4 Å². The largest absolute Gasteiger partial charge is 0.457 e. The fourth-order valence-electron chi connectivity index (χ4n) is 2.55. The summed E-state index contributed by atoms with van der Waals surface area (Å²) in [5, 5.41) is 6.23. The van der Waals surface area contributed by atoms with Crippen molar-refractivity contribution in [2.24, 2.45) is 5.41 Å². The lowest BCUT2D eigenvalue weighted by Crippen LogP contribution is -2.35. The zero-order chi connectivity index (χ0) is 15.4. The lowest BCUT2D eigenvalue weighted by molar-refractivity contribution is -0.123. The Morgan fingerprint density at radius 2 is 1.91 bits per heavy atom. The summed E-state index contributed by atoms with van der Waals surface area (Å²) in [6.07, 6.45) is 0.860. The van der Waals surface area contributed by atoms with E-state index in [2.05, 4.69) is 10.6 Å². The zero-order valence-corrected chi connectivity index (χ0v) is 12.6. The van der Waals surface area contributed by atoms with Crippen molar-refractivity contribution in [3.63, 3.8) is 0 Å². The predicted octanol–water partition coefficient (Wildman–Crippen LogP) is 3.42. The number of para-hydroxylation sites is 1. The van der Waals surface area contributed by atoms with Gasteiger partial charge in [0.05, 0.1) is 5.41 Å². The molecule has 114 valence electrons. The quantitative estimate of drug-likeness (QED) is 0.909. The van der Waals surface area contributed by atoms with Crippen LogP contribution in [0.4, 0.5) is 5.69 Å². The number of anilines is 1. The highest BCUT2D eigenvalue weighted by molar-refractivity contribution is 5.95. The number of rotatable bonds is 4. The molecular formula is C18H20N2O2. The molecule has 0 saturated carbocycles. The minimum absolute atomic E-state index is 0.0503. The smallest absolute Gasteiger partial charge is 0.231 e. The summed E-state index contributed by atoms with van der Waals surface area (Å²) < 4.78 is 5.79. The van der Waals surface area contributed by atoms with Gasteiger partial charge in [0.2, 0.25) is 5.91 Å². The molecule has 1 amide bonds. The van der Waals surface area contributed by atoms with Crippen molar-refractivity contribution in [2.75, 3.05) is 18.4 Å². The number of hydrogen-bond acceptors (Lipinski definition) is 3. The first-order valence-electron chi connectivity index (χ1n) is 7.51. The summed E-state index contributed by atoms with van der Waals surface area (Å²) in [4.78, 5) is 12.4. The topological polar surface area (TPSA) is 50.4 Å². The fraction of sp³-hybridized carbons (Fsp3) is 0.278. The SMILES string of the molecule is CC1(C(=O)Nc2cccc(Oc3ccccc3)c2)CCNC1. The van der Waals surface area contributed by atoms with Crippen molar-refractivity contribution in [3.05, 3.63) is 54.6 Å². The molecule has 1 fully saturated rings. The van der Waals surface area contributed by atoms with Gasteiger partial charge in [-0.3, -0.25) is 4.79 Å². The van der Waals surface area contributed by atoms with Gasteiger partial charge in [-0.25, -0.2) is 0 Å². The predicted molar refractivity (Wildman–Crippen MR) is 87.2 cm³/mol. The second-order valence-electron chi connectivity index (χ2n) is 5.88. The molecular weight excluding hydrogens is 276 g/mol. The molecule has 1 aliphatic rings. The summed E-state index contributed by atoms with van der Waals surface area (Å²) >= 11 is 0. The fourth-order valence-corrected chi connectivity index (χ4v) is 2.55. The Bertz CT molecular complexity index is 649. The van der Waals surface area contributed by atoms with E-state index in [0.717, 1.165) is 30.9 Å². The molecule has 2 N–H and O–H groups in total. The van der Waals surface area contributed by atoms with E-state index in [1.807, 2.05) is 61.5 Å². The Kier molecular flexibility index (Phi) is 4.11. The third kappa shape index (κ3) is 3.28. The van der Waals surface area contributed by atoms with Crippen LogP contribution >= 0.6 is 0 Å². The summed E-state index contributed by atoms with van der Waals surface area (Å²) in [6.45, 7) is 3.60. The number of nitrogens with one attached hydrogen (secondary N) is 2. The molecule has 0 aliphatic carbocycles. The van der Waals surface area contributed by atoms with Gasteiger partial charge in [0.25, 0.3) is 0 Å². The van der Waals surface area contributed by atoms with Crippen LogP contribution in [-0.4, -0.2) is 19.0 Å². The van der Waals surface area contributed by atoms with Gasteiger partial charge in [-0.1, -0.05) is 24.3 Å². The van der Waals surface area contributed by atoms with Crippen molar-refractivity contribution in [2.45, 2.75) is 13.3 Å². The van der Waals surface area contributed by atoms with E-state index in [4.69, 9.17) is 4.74 Å². The molecule has 0 spiro atoms. The Labute approximate surface area is 130 Å². The normalized spacial score (nSPS) is 20.6. The minimum atomic E-state index is -0.337. The molecule has 1 saturated heterocycles. The maximum absolute atomic E-state index is 12.4. The van der Waals surface area contributed by atoms with Gasteiger partial charge in [-0.2, -0.15) is 0 Å². The summed E-state index contributed by atoms with van der Waals surface area (Å²) in [5.41, 5.74) is 0.419. The molecule has 22 heavy (non-hydrogen) atoms. The van der Waals surface area contributed by atoms with E-state index in [1.54, 1.807) is 0 Å². The molecule has 1 heterocycles. The van der Waals surface area contributed by atoms with E-state index in [-0.39, 0.29) is 11.3 Å². The number of hydrogen-bond donors (Lipinski definition) is 2. The standard InChI is InChI=1S/C18H20N2O2/c1-18(10-11-19-13-18)17(21)20-14-6-5-9-16(12-14)22-15-7-3-2-4-8-15/h2-9,12,19H,10-11,13H2,1H3,(H,20,21). The van der Waals surface area contributed by atoms with Gasteiger partial charge in [0.15, 0.2) is 0 Å². The van der Waals surface area contributed by atoms with Gasteiger partial charge in [0.1, 0.15) is 11.5 Å². The minimum Gasteiger partial charge on any atom is -0.457 e. The highest BCUT2D eigenvalue weighted by Crippen LogP contribution is 2.28. The van der Waals surface area contributed by atoms with Crippen LogP contribution < -0.4 is 15.4 Å². The van der Waals surface area contributed by atoms with Crippen molar-refractivity contribution < 1.29 is 9.53 Å². The number of amides is 1. The molecule has 0 radical (unpaired) electrons. The van der Waals surface area contributed by atoms with E-state index >= 15 is 0 Å². The van der Waals surface area contributed by atoms with Gasteiger partial charge >= 0.3 is 0 Å². The molecule has 4 heteroatoms. The molecule has 3 rings (SSSR count). The van der Waals surface area contributed by atoms with Gasteiger partial charge in [0, 0.05) is 18.3 Å². The zero-order valence-electron chi connectivity index (χ0n) is 12.6. The molecule has 0 bridgehead atoms. The lowest BCUT2D eigenvalue weighted by atomic mass is 9.89. The van der Waals surface area contributed by atoms with E-state index in [1.165, 1.54) is 0 Å². The molecule has 1 unspecified atom stereocenters. The van der Waals surface area contributed by atoms with Crippen LogP contribution in [0.25, 0.3) is 0 Å². The molecule has 0 aromatic heterocycles. The first-order valence-corrected chi connectivity index (χ1v) is 7.51. The summed E-state index contributed by atoms with van der Waals surface area (Å²) in [5.74, 6) is 1.53. The van der Waals surface area contributed by atoms with Crippen molar-refractivity contribution >= 4 is 11.6 Å². The molecule has 2 aromatic carbocycles. The lowest BCUT2D eigenvalue weighted by Gasteiger charge is -2.21. The van der Waals surface area contributed by atoms with Gasteiger partial charge in [-0.05, 0) is 44.2 Å². The monoisotopic (exact) mass is 296 g/mol. The summed E-state index contributed by atoms with van der Waals surface area (Å²) in [7, 11) is 0. The van der Waals surface area contributed by atoms with Crippen LogP contribution in [0.2, 0.25) is 0 Å². The highest BCUT2D eigenvalue weighted by Gasteiger charge is 2.36. The van der Waals surface area contributed by atoms with Gasteiger partial charge in [-0.15, -0.1) is 0 Å². The third-order valence-corrected chi connectivity index (χ3v) is 3.99. The molecule has 2 aromatic rings. The summed E-state index contributed by atoms with van der Waals surface area (Å²) in [6, 6.07) is 17.1. The maximum atomic E-state index is 12.4. The molecule has 1 aliphatic heterocycles. The average molecular weight is 296 g/mol. The number of benzene rings is 2. The van der Waals surface area contributed by atoms with Crippen LogP contribution in [0, 0.1) is 5.41 Å². The highest BCUT2D eigenvalue weighted by atomic mass is 16.5. The Morgan fingerprint density at radius 3 is 2.64 bits per heavy atom. The van der Waals surface area contributed by atoms with Crippen LogP contribution in [-0.2, 0) is 4.79 Å². The van der Waals surface area contributed by atoms with Crippen LogP contribution in [0.15, 0.2) is 54.6 Å². The van der Waals surface area contributed by atoms with E-state index < -0.39 is 0 Å². The maximum Gasteiger partial charge on any atom is 0.231 e. The second-order valence-corrected chi connectivity index (χ2v) is 5.88. The Hall–Kier alpha value is -2.33. The number of carbonyl (C=O) groups excluding carboxylic acids is 1. The van der Waals surface area contributed by atoms with E-state index in [9.17, 15) is 4.79 Å². The van der Waals surface area contributed by atoms with E-state index in [0.29, 0.717) is 5.75 Å². The number of carbonyl (C=O) groups is 1. The number of ether oxygens (including phenoxy) is 1. The van der Waals surface area contributed by atoms with Crippen LogP contribution in [0.1, 0.15) is 13.3 Å². The van der Waals surface area contributed by atoms with Crippen molar-refractivity contribution in [1.82, 2.24) is 5.32 Å². The van der Waals surface area contributed by atoms with Crippen LogP contribution in [0.5, 0.6) is 11.5 Å². The first-order chi connectivity index (χ1) is 10.7. The Balaban J connectivity index is 1.70. The van der Waals surface area contributed by atoms with Crippen molar-refractivity contribution in [3.8, 4) is 11.5 Å².